The zero-order valence-electron chi connectivity index (χ0n) is 9.23. The molecule has 3 N–H and O–H groups in total. The van der Waals surface area contributed by atoms with Crippen molar-refractivity contribution in [3.8, 4) is 0 Å². The van der Waals surface area contributed by atoms with E-state index >= 15 is 0 Å². The van der Waals surface area contributed by atoms with Crippen molar-refractivity contribution in [1.82, 2.24) is 20.5 Å². The van der Waals surface area contributed by atoms with Crippen molar-refractivity contribution >= 4 is 17.2 Å². The summed E-state index contributed by atoms with van der Waals surface area (Å²) in [5.41, 5.74) is -1.89. The van der Waals surface area contributed by atoms with Crippen molar-refractivity contribution < 1.29 is 4.79 Å². The monoisotopic (exact) mass is 266 g/mol. The van der Waals surface area contributed by atoms with Crippen LogP contribution < -0.4 is 16.6 Å². The van der Waals surface area contributed by atoms with E-state index in [1.165, 1.54) is 0 Å². The van der Waals surface area contributed by atoms with Crippen LogP contribution in [0.25, 0.3) is 0 Å². The van der Waals surface area contributed by atoms with Gasteiger partial charge in [0.15, 0.2) is 0 Å². The minimum atomic E-state index is -0.799. The number of amides is 1. The molecule has 0 saturated heterocycles. The van der Waals surface area contributed by atoms with Crippen LogP contribution in [0.2, 0.25) is 0 Å². The molecule has 2 rings (SSSR count). The largest absolute Gasteiger partial charge is 0.350 e. The maximum absolute atomic E-state index is 11.6. The summed E-state index contributed by atoms with van der Waals surface area (Å²) in [6, 6.07) is 3.89. The van der Waals surface area contributed by atoms with E-state index in [0.29, 0.717) is 13.0 Å². The lowest BCUT2D eigenvalue weighted by Gasteiger charge is -2.01. The predicted octanol–water partition coefficient (Wildman–Crippen LogP) is -0.508. The van der Waals surface area contributed by atoms with Crippen LogP contribution in [0.4, 0.5) is 0 Å². The smallest absolute Gasteiger partial charge is 0.342 e. The molecule has 0 fully saturated rings. The van der Waals surface area contributed by atoms with Gasteiger partial charge in [0.1, 0.15) is 0 Å². The highest BCUT2D eigenvalue weighted by Crippen LogP contribution is 2.07. The number of aromatic amines is 2. The number of thiophene rings is 1. The molecule has 2 aromatic heterocycles. The Morgan fingerprint density at radius 2 is 2.28 bits per heavy atom. The van der Waals surface area contributed by atoms with Gasteiger partial charge in [0.05, 0.1) is 0 Å². The standard InChI is InChI=1S/C10H10N4O3S/c15-8(7-9(16)12-10(17)14-13-7)11-4-3-6-2-1-5-18-6/h1-2,5H,3-4H2,(H,11,15)(H2,12,14,16,17). The fourth-order valence-corrected chi connectivity index (χ4v) is 2.05. The fourth-order valence-electron chi connectivity index (χ4n) is 1.34. The molecular weight excluding hydrogens is 256 g/mol. The lowest BCUT2D eigenvalue weighted by molar-refractivity contribution is 0.0946. The van der Waals surface area contributed by atoms with Gasteiger partial charge in [0, 0.05) is 11.4 Å². The lowest BCUT2D eigenvalue weighted by atomic mass is 10.3. The second kappa shape index (κ2) is 5.41. The molecule has 0 aliphatic carbocycles. The first-order valence-electron chi connectivity index (χ1n) is 5.16. The summed E-state index contributed by atoms with van der Waals surface area (Å²) in [5, 5.41) is 9.92. The summed E-state index contributed by atoms with van der Waals surface area (Å²) in [4.78, 5) is 36.7. The van der Waals surface area contributed by atoms with Crippen molar-refractivity contribution in [3.63, 3.8) is 0 Å². The van der Waals surface area contributed by atoms with Crippen LogP contribution in [0.1, 0.15) is 15.4 Å². The van der Waals surface area contributed by atoms with Gasteiger partial charge in [0.25, 0.3) is 11.5 Å². The highest BCUT2D eigenvalue weighted by molar-refractivity contribution is 7.09. The number of rotatable bonds is 4. The lowest BCUT2D eigenvalue weighted by Crippen LogP contribution is -2.36. The second-order valence-corrected chi connectivity index (χ2v) is 4.47. The first-order valence-corrected chi connectivity index (χ1v) is 6.04. The van der Waals surface area contributed by atoms with Gasteiger partial charge in [-0.25, -0.2) is 9.89 Å². The predicted molar refractivity (Wildman–Crippen MR) is 65.8 cm³/mol. The molecule has 8 heteroatoms. The minimum Gasteiger partial charge on any atom is -0.350 e. The summed E-state index contributed by atoms with van der Waals surface area (Å²) >= 11 is 1.59. The average Bonchev–Trinajstić information content (AvgIpc) is 2.81. The van der Waals surface area contributed by atoms with E-state index in [1.807, 2.05) is 27.6 Å². The number of nitrogens with one attached hydrogen (secondary N) is 3. The summed E-state index contributed by atoms with van der Waals surface area (Å²) in [7, 11) is 0. The van der Waals surface area contributed by atoms with Gasteiger partial charge in [-0.05, 0) is 17.9 Å². The van der Waals surface area contributed by atoms with E-state index in [4.69, 9.17) is 0 Å². The molecule has 0 bridgehead atoms. The van der Waals surface area contributed by atoms with Gasteiger partial charge < -0.3 is 5.32 Å². The first-order chi connectivity index (χ1) is 8.66. The Kier molecular flexibility index (Phi) is 3.68. The van der Waals surface area contributed by atoms with Crippen LogP contribution in [0, 0.1) is 0 Å². The molecule has 18 heavy (non-hydrogen) atoms. The molecular formula is C10H10N4O3S. The molecule has 0 aliphatic heterocycles. The van der Waals surface area contributed by atoms with Crippen molar-refractivity contribution in [2.45, 2.75) is 6.42 Å². The van der Waals surface area contributed by atoms with E-state index in [2.05, 4.69) is 10.4 Å². The van der Waals surface area contributed by atoms with Gasteiger partial charge in [-0.2, -0.15) is 5.10 Å². The molecule has 0 aliphatic rings. The second-order valence-electron chi connectivity index (χ2n) is 3.44. The summed E-state index contributed by atoms with van der Waals surface area (Å²) in [6.45, 7) is 0.402. The van der Waals surface area contributed by atoms with Gasteiger partial charge in [0.2, 0.25) is 5.69 Å². The normalized spacial score (nSPS) is 10.2. The molecule has 7 nitrogen and oxygen atoms in total. The van der Waals surface area contributed by atoms with Crippen LogP contribution in [0.3, 0.4) is 0 Å². The van der Waals surface area contributed by atoms with E-state index < -0.39 is 17.2 Å². The van der Waals surface area contributed by atoms with E-state index in [0.717, 1.165) is 4.88 Å². The van der Waals surface area contributed by atoms with Crippen molar-refractivity contribution in [2.75, 3.05) is 6.54 Å². The van der Waals surface area contributed by atoms with Crippen molar-refractivity contribution in [1.29, 1.82) is 0 Å². The third-order valence-corrected chi connectivity index (χ3v) is 3.10. The van der Waals surface area contributed by atoms with Crippen LogP contribution in [0.5, 0.6) is 0 Å². The number of hydrogen-bond donors (Lipinski definition) is 3. The zero-order valence-corrected chi connectivity index (χ0v) is 10.0. The van der Waals surface area contributed by atoms with Crippen LogP contribution in [-0.2, 0) is 6.42 Å². The van der Waals surface area contributed by atoms with Crippen LogP contribution in [0.15, 0.2) is 27.1 Å². The molecule has 1 amide bonds. The molecule has 2 aromatic rings. The van der Waals surface area contributed by atoms with Gasteiger partial charge in [-0.15, -0.1) is 11.3 Å². The number of carbonyl (C=O) groups is 1. The topological polar surface area (TPSA) is 108 Å². The third-order valence-electron chi connectivity index (χ3n) is 2.16. The summed E-state index contributed by atoms with van der Waals surface area (Å²) < 4.78 is 0. The highest BCUT2D eigenvalue weighted by atomic mass is 32.1. The Morgan fingerprint density at radius 1 is 1.44 bits per heavy atom. The molecule has 0 unspecified atom stereocenters. The highest BCUT2D eigenvalue weighted by Gasteiger charge is 2.12. The molecule has 0 radical (unpaired) electrons. The number of aromatic nitrogens is 3. The SMILES string of the molecule is O=C(NCCc1cccs1)c1n[nH]c(=O)[nH]c1=O. The van der Waals surface area contributed by atoms with Crippen LogP contribution in [-0.4, -0.2) is 27.6 Å². The molecule has 2 heterocycles. The Morgan fingerprint density at radius 3 is 2.94 bits per heavy atom. The molecule has 0 spiro atoms. The number of hydrogen-bond acceptors (Lipinski definition) is 5. The maximum atomic E-state index is 11.6. The average molecular weight is 266 g/mol. The maximum Gasteiger partial charge on any atom is 0.342 e. The van der Waals surface area contributed by atoms with Gasteiger partial charge in [-0.3, -0.25) is 14.6 Å². The summed E-state index contributed by atoms with van der Waals surface area (Å²) in [6.07, 6.45) is 0.685. The number of carbonyl (C=O) groups excluding carboxylic acids is 1. The minimum absolute atomic E-state index is 0.347. The number of H-pyrrole nitrogens is 2. The van der Waals surface area contributed by atoms with Crippen LogP contribution >= 0.6 is 11.3 Å². The number of nitrogens with zero attached hydrogens (tertiary/aromatic N) is 1. The fraction of sp³-hybridized carbons (Fsp3) is 0.200. The van der Waals surface area contributed by atoms with Gasteiger partial charge >= 0.3 is 5.69 Å². The summed E-state index contributed by atoms with van der Waals surface area (Å²) in [5.74, 6) is -0.607. The molecule has 0 atom stereocenters. The Labute approximate surface area is 105 Å². The molecule has 94 valence electrons. The quantitative estimate of drug-likeness (QED) is 0.692. The van der Waals surface area contributed by atoms with E-state index in [-0.39, 0.29) is 5.69 Å². The van der Waals surface area contributed by atoms with Crippen molar-refractivity contribution in [3.05, 3.63) is 48.9 Å². The van der Waals surface area contributed by atoms with Gasteiger partial charge in [-0.1, -0.05) is 6.07 Å². The Bertz CT molecular complexity index is 644. The van der Waals surface area contributed by atoms with E-state index in [9.17, 15) is 14.4 Å². The Hall–Kier alpha value is -2.22. The van der Waals surface area contributed by atoms with E-state index in [1.54, 1.807) is 11.3 Å². The Balaban J connectivity index is 1.95. The zero-order chi connectivity index (χ0) is 13.0. The third kappa shape index (κ3) is 2.92. The van der Waals surface area contributed by atoms with Crippen molar-refractivity contribution in [2.24, 2.45) is 0 Å². The molecule has 0 aromatic carbocycles. The first kappa shape index (κ1) is 12.2. The molecule has 0 saturated carbocycles.